The molecule has 0 rings (SSSR count). The first-order chi connectivity index (χ1) is 33.0. The molecule has 67 heavy (non-hydrogen) atoms. The van der Waals surface area contributed by atoms with E-state index < -0.39 is 6.10 Å². The fourth-order valence-corrected chi connectivity index (χ4v) is 7.14. The zero-order valence-corrected chi connectivity index (χ0v) is 43.1. The number of hydrogen-bond donors (Lipinski definition) is 0. The van der Waals surface area contributed by atoms with Crippen molar-refractivity contribution in [2.45, 2.75) is 232 Å². The van der Waals surface area contributed by atoms with Crippen LogP contribution in [0.3, 0.4) is 0 Å². The number of unbranched alkanes of at least 4 members (excludes halogenated alkanes) is 24. The molecule has 0 bridgehead atoms. The second-order valence-corrected chi connectivity index (χ2v) is 17.7. The SMILES string of the molecule is CC\C=C/C=C\C=C/C=C\C=C/CCCCCC(=O)OCC(COC(=O)CCCCCCC\C=C/C=C\C=C/C=C\C=C/CCC)OC(=O)CCCCCCCCCCCCCCCCCC. The van der Waals surface area contributed by atoms with Crippen molar-refractivity contribution in [3.63, 3.8) is 0 Å². The highest BCUT2D eigenvalue weighted by Crippen LogP contribution is 2.15. The summed E-state index contributed by atoms with van der Waals surface area (Å²) >= 11 is 0. The standard InChI is InChI=1S/C61H98O6/c1-4-7-10-13-16-19-22-25-28-30-31-34-36-39-42-45-48-51-54-60(63)66-57-58(56-65-59(62)53-50-47-44-41-38-35-32-27-24-21-18-15-12-9-6-3)67-61(64)55-52-49-46-43-40-37-33-29-26-23-20-17-14-11-8-5-2/h9-10,12-13,15-16,18-19,21-22,24-25,27-28,30-32,34-35,38,58H,4-8,11,14,17,20,23,26,29,33,36-37,39-57H2,1-3H3/b12-9-,13-10-,18-15-,19-16-,24-21-,25-22-,30-28-,32-27-,34-31-,38-35-. The Hall–Kier alpha value is -4.19. The molecule has 0 aliphatic rings. The maximum absolute atomic E-state index is 12.8. The Morgan fingerprint density at radius 2 is 0.612 bits per heavy atom. The third-order valence-electron chi connectivity index (χ3n) is 11.2. The van der Waals surface area contributed by atoms with Gasteiger partial charge in [-0.2, -0.15) is 0 Å². The van der Waals surface area contributed by atoms with Crippen LogP contribution < -0.4 is 0 Å². The average Bonchev–Trinajstić information content (AvgIpc) is 3.33. The Bertz CT molecular complexity index is 1440. The molecule has 0 aliphatic heterocycles. The Labute approximate surface area is 412 Å². The van der Waals surface area contributed by atoms with Crippen LogP contribution in [0.15, 0.2) is 122 Å². The monoisotopic (exact) mass is 927 g/mol. The molecule has 378 valence electrons. The van der Waals surface area contributed by atoms with Crippen LogP contribution in [-0.2, 0) is 28.6 Å². The van der Waals surface area contributed by atoms with E-state index in [1.54, 1.807) is 0 Å². The molecule has 0 spiro atoms. The smallest absolute Gasteiger partial charge is 0.306 e. The number of ether oxygens (including phenoxy) is 3. The van der Waals surface area contributed by atoms with Gasteiger partial charge in [0.25, 0.3) is 0 Å². The summed E-state index contributed by atoms with van der Waals surface area (Å²) in [6, 6.07) is 0. The maximum atomic E-state index is 12.8. The Kier molecular flexibility index (Phi) is 51.0. The van der Waals surface area contributed by atoms with E-state index in [9.17, 15) is 14.4 Å². The van der Waals surface area contributed by atoms with Gasteiger partial charge < -0.3 is 14.2 Å². The van der Waals surface area contributed by atoms with Crippen LogP contribution in [0.2, 0.25) is 0 Å². The van der Waals surface area contributed by atoms with Crippen molar-refractivity contribution < 1.29 is 28.6 Å². The molecule has 0 fully saturated rings. The summed E-state index contributed by atoms with van der Waals surface area (Å²) in [6.07, 6.45) is 74.6. The minimum Gasteiger partial charge on any atom is -0.462 e. The van der Waals surface area contributed by atoms with Gasteiger partial charge in [0, 0.05) is 19.3 Å². The highest BCUT2D eigenvalue weighted by Gasteiger charge is 2.19. The molecule has 0 N–H and O–H groups in total. The molecule has 0 aromatic heterocycles. The second kappa shape index (κ2) is 54.4. The molecule has 0 heterocycles. The van der Waals surface area contributed by atoms with Gasteiger partial charge in [0.2, 0.25) is 0 Å². The van der Waals surface area contributed by atoms with E-state index in [1.807, 2.05) is 72.9 Å². The largest absolute Gasteiger partial charge is 0.462 e. The zero-order chi connectivity index (χ0) is 48.6. The first-order valence-electron chi connectivity index (χ1n) is 27.2. The third kappa shape index (κ3) is 52.6. The topological polar surface area (TPSA) is 78.9 Å². The molecule has 0 saturated carbocycles. The highest BCUT2D eigenvalue weighted by molar-refractivity contribution is 5.71. The average molecular weight is 927 g/mol. The van der Waals surface area contributed by atoms with Crippen molar-refractivity contribution in [2.24, 2.45) is 0 Å². The molecular weight excluding hydrogens is 829 g/mol. The van der Waals surface area contributed by atoms with Gasteiger partial charge in [-0.05, 0) is 57.8 Å². The molecule has 0 saturated heterocycles. The van der Waals surface area contributed by atoms with Crippen LogP contribution in [0.1, 0.15) is 226 Å². The predicted octanol–water partition coefficient (Wildman–Crippen LogP) is 18.1. The van der Waals surface area contributed by atoms with Gasteiger partial charge in [-0.3, -0.25) is 14.4 Å². The summed E-state index contributed by atoms with van der Waals surface area (Å²) in [5, 5.41) is 0. The molecule has 0 aliphatic carbocycles. The van der Waals surface area contributed by atoms with Crippen LogP contribution >= 0.6 is 0 Å². The molecule has 0 amide bonds. The van der Waals surface area contributed by atoms with Gasteiger partial charge in [-0.15, -0.1) is 0 Å². The Morgan fingerprint density at radius 3 is 0.985 bits per heavy atom. The van der Waals surface area contributed by atoms with Crippen molar-refractivity contribution in [3.8, 4) is 0 Å². The van der Waals surface area contributed by atoms with E-state index in [2.05, 4.69) is 69.4 Å². The number of hydrogen-bond acceptors (Lipinski definition) is 6. The summed E-state index contributed by atoms with van der Waals surface area (Å²) < 4.78 is 16.8. The molecular formula is C61H98O6. The summed E-state index contributed by atoms with van der Waals surface area (Å²) in [7, 11) is 0. The van der Waals surface area contributed by atoms with E-state index in [1.165, 1.54) is 89.9 Å². The number of esters is 3. The van der Waals surface area contributed by atoms with Crippen molar-refractivity contribution in [1.82, 2.24) is 0 Å². The minimum absolute atomic E-state index is 0.107. The molecule has 6 heteroatoms. The zero-order valence-electron chi connectivity index (χ0n) is 43.1. The number of rotatable bonds is 47. The van der Waals surface area contributed by atoms with Crippen molar-refractivity contribution in [3.05, 3.63) is 122 Å². The van der Waals surface area contributed by atoms with Crippen LogP contribution in [-0.4, -0.2) is 37.2 Å². The lowest BCUT2D eigenvalue weighted by molar-refractivity contribution is -0.167. The summed E-state index contributed by atoms with van der Waals surface area (Å²) in [5.41, 5.74) is 0. The summed E-state index contributed by atoms with van der Waals surface area (Å²) in [4.78, 5) is 38.1. The maximum Gasteiger partial charge on any atom is 0.306 e. The van der Waals surface area contributed by atoms with Crippen molar-refractivity contribution >= 4 is 17.9 Å². The molecule has 0 aromatic rings. The fourth-order valence-electron chi connectivity index (χ4n) is 7.14. The lowest BCUT2D eigenvalue weighted by Crippen LogP contribution is -2.30. The van der Waals surface area contributed by atoms with Gasteiger partial charge in [-0.1, -0.05) is 271 Å². The molecule has 1 atom stereocenters. The number of carbonyl (C=O) groups excluding carboxylic acids is 3. The normalized spacial score (nSPS) is 13.1. The predicted molar refractivity (Wildman–Crippen MR) is 288 cm³/mol. The van der Waals surface area contributed by atoms with E-state index in [4.69, 9.17) is 14.2 Å². The highest BCUT2D eigenvalue weighted by atomic mass is 16.6. The van der Waals surface area contributed by atoms with Crippen LogP contribution in [0, 0.1) is 0 Å². The second-order valence-electron chi connectivity index (χ2n) is 17.7. The number of allylic oxidation sites excluding steroid dienone is 20. The molecule has 0 radical (unpaired) electrons. The van der Waals surface area contributed by atoms with Crippen molar-refractivity contribution in [1.29, 1.82) is 0 Å². The molecule has 1 unspecified atom stereocenters. The van der Waals surface area contributed by atoms with Crippen LogP contribution in [0.25, 0.3) is 0 Å². The van der Waals surface area contributed by atoms with Gasteiger partial charge in [-0.25, -0.2) is 0 Å². The third-order valence-corrected chi connectivity index (χ3v) is 11.2. The molecule has 0 aromatic carbocycles. The van der Waals surface area contributed by atoms with Crippen LogP contribution in [0.4, 0.5) is 0 Å². The first-order valence-corrected chi connectivity index (χ1v) is 27.2. The first kappa shape index (κ1) is 62.8. The van der Waals surface area contributed by atoms with Gasteiger partial charge in [0.05, 0.1) is 0 Å². The Balaban J connectivity index is 4.52. The minimum atomic E-state index is -0.808. The van der Waals surface area contributed by atoms with Crippen LogP contribution in [0.5, 0.6) is 0 Å². The Morgan fingerprint density at radius 1 is 0.313 bits per heavy atom. The van der Waals surface area contributed by atoms with Gasteiger partial charge in [0.15, 0.2) is 6.10 Å². The van der Waals surface area contributed by atoms with Gasteiger partial charge >= 0.3 is 17.9 Å². The van der Waals surface area contributed by atoms with E-state index in [0.29, 0.717) is 19.3 Å². The van der Waals surface area contributed by atoms with E-state index in [0.717, 1.165) is 96.3 Å². The van der Waals surface area contributed by atoms with Gasteiger partial charge in [0.1, 0.15) is 13.2 Å². The lowest BCUT2D eigenvalue weighted by Gasteiger charge is -2.18. The lowest BCUT2D eigenvalue weighted by atomic mass is 10.0. The van der Waals surface area contributed by atoms with Crippen molar-refractivity contribution in [2.75, 3.05) is 13.2 Å². The molecule has 6 nitrogen and oxygen atoms in total. The van der Waals surface area contributed by atoms with E-state index >= 15 is 0 Å². The van der Waals surface area contributed by atoms with E-state index in [-0.39, 0.29) is 31.1 Å². The summed E-state index contributed by atoms with van der Waals surface area (Å²) in [6.45, 7) is 6.35. The number of carbonyl (C=O) groups is 3. The summed E-state index contributed by atoms with van der Waals surface area (Å²) in [5.74, 6) is -0.973. The fraction of sp³-hybridized carbons (Fsp3) is 0.623. The quantitative estimate of drug-likeness (QED) is 0.0262.